The number of carboxylic acids is 1. The lowest BCUT2D eigenvalue weighted by molar-refractivity contribution is -0.144. The van der Waals surface area contributed by atoms with Crippen LogP contribution in [0.15, 0.2) is 11.6 Å². The van der Waals surface area contributed by atoms with Crippen molar-refractivity contribution in [3.05, 3.63) is 11.6 Å². The molecule has 0 saturated heterocycles. The number of hydrogen-bond acceptors (Lipinski definition) is 2. The normalized spacial score (nSPS) is 42.4. The molecule has 182 valence electrons. The van der Waals surface area contributed by atoms with E-state index in [0.717, 1.165) is 12.3 Å². The van der Waals surface area contributed by atoms with Crippen molar-refractivity contribution < 1.29 is 14.3 Å². The van der Waals surface area contributed by atoms with E-state index in [4.69, 9.17) is 4.43 Å². The first-order valence-corrected chi connectivity index (χ1v) is 16.2. The van der Waals surface area contributed by atoms with E-state index in [1.165, 1.54) is 44.9 Å². The fraction of sp³-hybridized carbons (Fsp3) is 0.893. The molecule has 0 amide bonds. The zero-order valence-electron chi connectivity index (χ0n) is 22.0. The molecule has 1 unspecified atom stereocenters. The van der Waals surface area contributed by atoms with E-state index in [-0.39, 0.29) is 16.4 Å². The van der Waals surface area contributed by atoms with Crippen LogP contribution in [0.2, 0.25) is 18.1 Å². The summed E-state index contributed by atoms with van der Waals surface area (Å²) in [4.78, 5) is 11.8. The van der Waals surface area contributed by atoms with Gasteiger partial charge in [-0.2, -0.15) is 0 Å². The second-order valence-corrected chi connectivity index (χ2v) is 18.6. The van der Waals surface area contributed by atoms with Gasteiger partial charge < -0.3 is 9.53 Å². The van der Waals surface area contributed by atoms with Crippen molar-refractivity contribution in [1.29, 1.82) is 0 Å². The van der Waals surface area contributed by atoms with Crippen LogP contribution < -0.4 is 0 Å². The molecule has 1 N–H and O–H groups in total. The lowest BCUT2D eigenvalue weighted by Gasteiger charge is -2.44. The third-order valence-corrected chi connectivity index (χ3v) is 15.6. The molecule has 4 aliphatic carbocycles. The van der Waals surface area contributed by atoms with E-state index in [1.54, 1.807) is 5.57 Å². The van der Waals surface area contributed by atoms with Crippen molar-refractivity contribution in [3.8, 4) is 0 Å². The van der Waals surface area contributed by atoms with Crippen LogP contribution in [0.25, 0.3) is 0 Å². The Bertz CT molecular complexity index is 780. The summed E-state index contributed by atoms with van der Waals surface area (Å²) < 4.78 is 6.84. The number of hydrogen-bond donors (Lipinski definition) is 1. The van der Waals surface area contributed by atoms with Gasteiger partial charge in [-0.15, -0.1) is 0 Å². The van der Waals surface area contributed by atoms with Crippen molar-refractivity contribution >= 4 is 14.3 Å². The summed E-state index contributed by atoms with van der Waals surface area (Å²) in [6.45, 7) is 18.6. The van der Waals surface area contributed by atoms with Gasteiger partial charge in [-0.05, 0) is 104 Å². The molecule has 0 bridgehead atoms. The average molecular weight is 461 g/mol. The molecule has 4 heteroatoms. The summed E-state index contributed by atoms with van der Waals surface area (Å²) in [6.07, 6.45) is 12.9. The molecule has 0 radical (unpaired) electrons. The quantitative estimate of drug-likeness (QED) is 0.326. The van der Waals surface area contributed by atoms with Crippen LogP contribution in [0.3, 0.4) is 0 Å². The van der Waals surface area contributed by atoms with Crippen LogP contribution in [0.5, 0.6) is 0 Å². The molecule has 0 aliphatic heterocycles. The highest BCUT2D eigenvalue weighted by Gasteiger charge is 2.63. The molecule has 0 aromatic carbocycles. The van der Waals surface area contributed by atoms with Gasteiger partial charge >= 0.3 is 5.97 Å². The minimum atomic E-state index is -1.71. The molecular weight excluding hydrogens is 412 g/mol. The Balaban J connectivity index is 1.47. The number of aliphatic carboxylic acids is 1. The maximum absolute atomic E-state index is 11.8. The highest BCUT2D eigenvalue weighted by molar-refractivity contribution is 6.74. The summed E-state index contributed by atoms with van der Waals surface area (Å²) in [6, 6.07) is 0. The SMILES string of the molecule is C[C@H](C(=O)O)[C@H]1CC[C@H]2/C(=C/[C@@H](C)[C@]34CC3C[C@H](O[Si](C)(C)C(C)(C)C)C4)CCC[C@]12C. The van der Waals surface area contributed by atoms with Crippen LogP contribution >= 0.6 is 0 Å². The van der Waals surface area contributed by atoms with E-state index in [0.29, 0.717) is 29.3 Å². The third-order valence-electron chi connectivity index (χ3n) is 11.1. The van der Waals surface area contributed by atoms with Crippen molar-refractivity contribution in [3.63, 3.8) is 0 Å². The van der Waals surface area contributed by atoms with Crippen molar-refractivity contribution in [1.82, 2.24) is 0 Å². The smallest absolute Gasteiger partial charge is 0.306 e. The summed E-state index contributed by atoms with van der Waals surface area (Å²) in [7, 11) is -1.71. The summed E-state index contributed by atoms with van der Waals surface area (Å²) in [5, 5.41) is 9.95. The summed E-state index contributed by atoms with van der Waals surface area (Å²) >= 11 is 0. The molecule has 0 heterocycles. The minimum absolute atomic E-state index is 0.173. The molecular formula is C28H48O3Si. The zero-order valence-corrected chi connectivity index (χ0v) is 23.0. The Morgan fingerprint density at radius 3 is 2.53 bits per heavy atom. The van der Waals surface area contributed by atoms with Gasteiger partial charge in [-0.25, -0.2) is 0 Å². The second kappa shape index (κ2) is 7.97. The first-order chi connectivity index (χ1) is 14.7. The van der Waals surface area contributed by atoms with Crippen molar-refractivity contribution in [2.45, 2.75) is 117 Å². The molecule has 4 saturated carbocycles. The molecule has 4 rings (SSSR count). The van der Waals surface area contributed by atoms with Crippen LogP contribution in [0, 0.1) is 40.4 Å². The van der Waals surface area contributed by atoms with Gasteiger partial charge in [0.25, 0.3) is 0 Å². The van der Waals surface area contributed by atoms with E-state index >= 15 is 0 Å². The van der Waals surface area contributed by atoms with E-state index in [2.05, 4.69) is 53.8 Å². The van der Waals surface area contributed by atoms with Gasteiger partial charge in [0, 0.05) is 6.10 Å². The second-order valence-electron chi connectivity index (χ2n) is 13.8. The van der Waals surface area contributed by atoms with Gasteiger partial charge in [-0.1, -0.05) is 53.2 Å². The van der Waals surface area contributed by atoms with Gasteiger partial charge in [-0.3, -0.25) is 4.79 Å². The van der Waals surface area contributed by atoms with Crippen LogP contribution in [0.4, 0.5) is 0 Å². The lowest BCUT2D eigenvalue weighted by atomic mass is 9.60. The first-order valence-electron chi connectivity index (χ1n) is 13.3. The van der Waals surface area contributed by atoms with Gasteiger partial charge in [0.1, 0.15) is 0 Å². The number of carbonyl (C=O) groups is 1. The topological polar surface area (TPSA) is 46.5 Å². The number of carboxylic acid groups (broad SMARTS) is 1. The van der Waals surface area contributed by atoms with Crippen LogP contribution in [-0.2, 0) is 9.22 Å². The maximum Gasteiger partial charge on any atom is 0.306 e. The molecule has 0 aromatic rings. The highest BCUT2D eigenvalue weighted by atomic mass is 28.4. The molecule has 32 heavy (non-hydrogen) atoms. The number of fused-ring (bicyclic) bond motifs is 2. The fourth-order valence-electron chi connectivity index (χ4n) is 7.98. The molecule has 0 aromatic heterocycles. The first kappa shape index (κ1) is 24.5. The van der Waals surface area contributed by atoms with Gasteiger partial charge in [0.05, 0.1) is 5.92 Å². The maximum atomic E-state index is 11.8. The Labute approximate surface area is 197 Å². The predicted molar refractivity (Wildman–Crippen MR) is 134 cm³/mol. The zero-order chi connectivity index (χ0) is 23.7. The van der Waals surface area contributed by atoms with E-state index < -0.39 is 14.3 Å². The van der Waals surface area contributed by atoms with E-state index in [9.17, 15) is 9.90 Å². The summed E-state index contributed by atoms with van der Waals surface area (Å²) in [5.74, 6) is 1.55. The van der Waals surface area contributed by atoms with Crippen LogP contribution in [0.1, 0.15) is 92.9 Å². The predicted octanol–water partition coefficient (Wildman–Crippen LogP) is 7.68. The standard InChI is InChI=1S/C28H48O3Si/c1-18(28-16-21(28)15-22(17-28)31-32(7,8)26(3,4)5)14-20-10-9-13-27(6)23(11-12-24(20)27)19(2)25(29)30/h14,18-19,21-24H,9-13,15-17H2,1-8H3,(H,29,30)/b20-14+/t18-,19+,21?,22+,23-,24+,27-,28-/m1/s1. The summed E-state index contributed by atoms with van der Waals surface area (Å²) in [5.41, 5.74) is 2.31. The van der Waals surface area contributed by atoms with Crippen LogP contribution in [-0.4, -0.2) is 25.5 Å². The Morgan fingerprint density at radius 1 is 1.22 bits per heavy atom. The minimum Gasteiger partial charge on any atom is -0.481 e. The lowest BCUT2D eigenvalue weighted by Crippen LogP contribution is -2.43. The fourth-order valence-corrected chi connectivity index (χ4v) is 9.35. The Hall–Kier alpha value is -0.613. The largest absolute Gasteiger partial charge is 0.481 e. The average Bonchev–Trinajstić information content (AvgIpc) is 3.06. The third kappa shape index (κ3) is 3.95. The Morgan fingerprint density at radius 2 is 1.91 bits per heavy atom. The molecule has 3 nitrogen and oxygen atoms in total. The molecule has 4 aliphatic rings. The monoisotopic (exact) mass is 460 g/mol. The van der Waals surface area contributed by atoms with E-state index in [1.807, 2.05) is 6.92 Å². The highest BCUT2D eigenvalue weighted by Crippen LogP contribution is 2.69. The van der Waals surface area contributed by atoms with Crippen molar-refractivity contribution in [2.75, 3.05) is 0 Å². The van der Waals surface area contributed by atoms with Gasteiger partial charge in [0.2, 0.25) is 0 Å². The Kier molecular flexibility index (Phi) is 6.10. The molecule has 4 fully saturated rings. The molecule has 8 atom stereocenters. The molecule has 0 spiro atoms. The van der Waals surface area contributed by atoms with Crippen molar-refractivity contribution in [2.24, 2.45) is 40.4 Å². The number of allylic oxidation sites excluding steroid dienone is 2. The number of rotatable bonds is 6. The van der Waals surface area contributed by atoms with Gasteiger partial charge in [0.15, 0.2) is 8.32 Å².